The average Bonchev–Trinajstić information content (AvgIpc) is 3.42. The first-order valence-corrected chi connectivity index (χ1v) is 12.4. The van der Waals surface area contributed by atoms with Crippen LogP contribution in [0.1, 0.15) is 67.6 Å². The summed E-state index contributed by atoms with van der Waals surface area (Å²) in [4.78, 5) is 17.7. The van der Waals surface area contributed by atoms with Crippen molar-refractivity contribution in [2.24, 2.45) is 5.92 Å². The molecule has 1 atom stereocenters. The van der Waals surface area contributed by atoms with E-state index in [0.29, 0.717) is 5.92 Å². The minimum atomic E-state index is -0.673. The zero-order valence-electron chi connectivity index (χ0n) is 19.3. The summed E-state index contributed by atoms with van der Waals surface area (Å²) in [6, 6.07) is 16.9. The summed E-state index contributed by atoms with van der Waals surface area (Å²) in [5, 5.41) is 10.8. The van der Waals surface area contributed by atoms with E-state index in [0.717, 1.165) is 69.4 Å². The van der Waals surface area contributed by atoms with Crippen LogP contribution in [0.3, 0.4) is 0 Å². The van der Waals surface area contributed by atoms with Crippen LogP contribution in [-0.2, 0) is 16.8 Å². The molecular weight excluding hydrogens is 396 g/mol. The fraction of sp³-hybridized carbons (Fsp3) is 0.536. The molecule has 0 spiro atoms. The monoisotopic (exact) mass is 432 g/mol. The molecule has 2 heterocycles. The van der Waals surface area contributed by atoms with E-state index in [4.69, 9.17) is 0 Å². The predicted octanol–water partition coefficient (Wildman–Crippen LogP) is 4.85. The van der Waals surface area contributed by atoms with Crippen LogP contribution in [0.4, 0.5) is 5.69 Å². The summed E-state index contributed by atoms with van der Waals surface area (Å²) in [5.74, 6) is 0.917. The van der Waals surface area contributed by atoms with Gasteiger partial charge in [-0.1, -0.05) is 49.2 Å². The number of hydrogen-bond acceptors (Lipinski definition) is 3. The van der Waals surface area contributed by atoms with Crippen LogP contribution in [0.15, 0.2) is 48.5 Å². The van der Waals surface area contributed by atoms with Crippen molar-refractivity contribution in [1.82, 2.24) is 4.90 Å². The molecule has 3 aliphatic rings. The van der Waals surface area contributed by atoms with E-state index in [9.17, 15) is 9.90 Å². The maximum absolute atomic E-state index is 13.3. The van der Waals surface area contributed by atoms with Gasteiger partial charge >= 0.3 is 0 Å². The SMILES string of the molecule is CN1CCC(c2ccccc2CC2CCN(c3ccc(C4(O)CCCC4)cc3)C2=O)CC1. The molecule has 0 bridgehead atoms. The van der Waals surface area contributed by atoms with E-state index in [1.54, 1.807) is 0 Å². The van der Waals surface area contributed by atoms with Gasteiger partial charge < -0.3 is 14.9 Å². The smallest absolute Gasteiger partial charge is 0.230 e. The van der Waals surface area contributed by atoms with E-state index in [2.05, 4.69) is 36.2 Å². The Bertz CT molecular complexity index is 940. The van der Waals surface area contributed by atoms with Crippen LogP contribution in [0, 0.1) is 5.92 Å². The Labute approximate surface area is 192 Å². The quantitative estimate of drug-likeness (QED) is 0.734. The Hall–Kier alpha value is -2.17. The number of rotatable bonds is 5. The normalized spacial score (nSPS) is 24.4. The van der Waals surface area contributed by atoms with Crippen molar-refractivity contribution >= 4 is 11.6 Å². The van der Waals surface area contributed by atoms with E-state index in [1.165, 1.54) is 24.0 Å². The lowest BCUT2D eigenvalue weighted by molar-refractivity contribution is -0.120. The minimum Gasteiger partial charge on any atom is -0.385 e. The third-order valence-electron chi connectivity index (χ3n) is 8.14. The summed E-state index contributed by atoms with van der Waals surface area (Å²) in [6.45, 7) is 3.09. The van der Waals surface area contributed by atoms with Crippen LogP contribution in [0.2, 0.25) is 0 Å². The molecule has 1 aliphatic carbocycles. The molecule has 1 unspecified atom stereocenters. The summed E-state index contributed by atoms with van der Waals surface area (Å²) < 4.78 is 0. The van der Waals surface area contributed by atoms with Gasteiger partial charge in [0.25, 0.3) is 0 Å². The first-order chi connectivity index (χ1) is 15.5. The number of carbonyl (C=O) groups excluding carboxylic acids is 1. The Balaban J connectivity index is 1.27. The number of benzene rings is 2. The Kier molecular flexibility index (Phi) is 6.09. The largest absolute Gasteiger partial charge is 0.385 e. The number of piperidine rings is 1. The van der Waals surface area contributed by atoms with Gasteiger partial charge in [-0.15, -0.1) is 0 Å². The van der Waals surface area contributed by atoms with Gasteiger partial charge in [0.15, 0.2) is 0 Å². The Morgan fingerprint density at radius 1 is 0.938 bits per heavy atom. The molecular formula is C28H36N2O2. The van der Waals surface area contributed by atoms with Gasteiger partial charge in [0.05, 0.1) is 5.60 Å². The lowest BCUT2D eigenvalue weighted by Crippen LogP contribution is -2.30. The van der Waals surface area contributed by atoms with Gasteiger partial charge in [-0.25, -0.2) is 0 Å². The van der Waals surface area contributed by atoms with Gasteiger partial charge in [0, 0.05) is 18.2 Å². The van der Waals surface area contributed by atoms with Gasteiger partial charge in [0.2, 0.25) is 5.91 Å². The predicted molar refractivity (Wildman–Crippen MR) is 129 cm³/mol. The standard InChI is InChI=1S/C28H36N2O2/c1-29-17-12-21(13-18-29)26-7-3-2-6-22(26)20-23-14-19-30(27(23)31)25-10-8-24(9-11-25)28(32)15-4-5-16-28/h2-3,6-11,21,23,32H,4-5,12-20H2,1H3. The molecule has 1 saturated carbocycles. The number of amides is 1. The fourth-order valence-corrected chi connectivity index (χ4v) is 6.09. The summed E-state index contributed by atoms with van der Waals surface area (Å²) >= 11 is 0. The average molecular weight is 433 g/mol. The molecule has 2 aromatic carbocycles. The Morgan fingerprint density at radius 2 is 1.62 bits per heavy atom. The molecule has 2 saturated heterocycles. The summed E-state index contributed by atoms with van der Waals surface area (Å²) in [6.07, 6.45) is 8.02. The van der Waals surface area contributed by atoms with E-state index >= 15 is 0 Å². The Morgan fingerprint density at radius 3 is 2.34 bits per heavy atom. The lowest BCUT2D eigenvalue weighted by atomic mass is 9.84. The molecule has 4 nitrogen and oxygen atoms in total. The number of likely N-dealkylation sites (tertiary alicyclic amines) is 1. The van der Waals surface area contributed by atoms with Crippen LogP contribution >= 0.6 is 0 Å². The third-order valence-corrected chi connectivity index (χ3v) is 8.14. The molecule has 1 amide bonds. The molecule has 5 rings (SSSR count). The van der Waals surface area contributed by atoms with E-state index < -0.39 is 5.60 Å². The highest BCUT2D eigenvalue weighted by molar-refractivity contribution is 5.97. The molecule has 4 heteroatoms. The zero-order chi connectivity index (χ0) is 22.1. The van der Waals surface area contributed by atoms with Crippen molar-refractivity contribution in [3.63, 3.8) is 0 Å². The molecule has 32 heavy (non-hydrogen) atoms. The first-order valence-electron chi connectivity index (χ1n) is 12.4. The van der Waals surface area contributed by atoms with Crippen LogP contribution in [0.25, 0.3) is 0 Å². The number of nitrogens with zero attached hydrogens (tertiary/aromatic N) is 2. The molecule has 0 radical (unpaired) electrons. The molecule has 1 N–H and O–H groups in total. The van der Waals surface area contributed by atoms with Crippen molar-refractivity contribution < 1.29 is 9.90 Å². The lowest BCUT2D eigenvalue weighted by Gasteiger charge is -2.30. The molecule has 2 aliphatic heterocycles. The van der Waals surface area contributed by atoms with Gasteiger partial charge in [0.1, 0.15) is 0 Å². The van der Waals surface area contributed by atoms with Crippen molar-refractivity contribution in [3.05, 3.63) is 65.2 Å². The van der Waals surface area contributed by atoms with Gasteiger partial charge in [-0.3, -0.25) is 4.79 Å². The molecule has 3 fully saturated rings. The highest BCUT2D eigenvalue weighted by Crippen LogP contribution is 2.39. The number of anilines is 1. The highest BCUT2D eigenvalue weighted by Gasteiger charge is 2.35. The number of carbonyl (C=O) groups is 1. The second-order valence-corrected chi connectivity index (χ2v) is 10.2. The van der Waals surface area contributed by atoms with Crippen molar-refractivity contribution in [3.8, 4) is 0 Å². The van der Waals surface area contributed by atoms with Gasteiger partial charge in [-0.2, -0.15) is 0 Å². The maximum Gasteiger partial charge on any atom is 0.230 e. The van der Waals surface area contributed by atoms with Gasteiger partial charge in [-0.05, 0) is 93.4 Å². The number of aliphatic hydroxyl groups is 1. The molecule has 0 aromatic heterocycles. The van der Waals surface area contributed by atoms with Crippen LogP contribution in [0.5, 0.6) is 0 Å². The maximum atomic E-state index is 13.3. The van der Waals surface area contributed by atoms with E-state index in [1.807, 2.05) is 29.2 Å². The summed E-state index contributed by atoms with van der Waals surface area (Å²) in [7, 11) is 2.20. The molecule has 2 aromatic rings. The highest BCUT2D eigenvalue weighted by atomic mass is 16.3. The van der Waals surface area contributed by atoms with E-state index in [-0.39, 0.29) is 11.8 Å². The fourth-order valence-electron chi connectivity index (χ4n) is 6.09. The second-order valence-electron chi connectivity index (χ2n) is 10.2. The van der Waals surface area contributed by atoms with Crippen LogP contribution < -0.4 is 4.90 Å². The zero-order valence-corrected chi connectivity index (χ0v) is 19.3. The topological polar surface area (TPSA) is 43.8 Å². The van der Waals surface area contributed by atoms with Crippen molar-refractivity contribution in [2.75, 3.05) is 31.6 Å². The number of hydrogen-bond donors (Lipinski definition) is 1. The third kappa shape index (κ3) is 4.23. The molecule has 170 valence electrons. The van der Waals surface area contributed by atoms with Crippen LogP contribution in [-0.4, -0.2) is 42.6 Å². The second kappa shape index (κ2) is 8.99. The van der Waals surface area contributed by atoms with Crippen molar-refractivity contribution in [2.45, 2.75) is 62.9 Å². The summed E-state index contributed by atoms with van der Waals surface area (Å²) in [5.41, 5.74) is 4.11. The minimum absolute atomic E-state index is 0.0566. The van der Waals surface area contributed by atoms with Crippen molar-refractivity contribution in [1.29, 1.82) is 0 Å². The first kappa shape index (κ1) is 21.7.